The lowest BCUT2D eigenvalue weighted by Crippen LogP contribution is -2.34. The average molecular weight is 346 g/mol. The van der Waals surface area contributed by atoms with Crippen molar-refractivity contribution >= 4 is 17.5 Å². The first-order chi connectivity index (χ1) is 11.5. The molecule has 2 aromatic carbocycles. The van der Waals surface area contributed by atoms with Crippen LogP contribution in [-0.4, -0.2) is 22.7 Å². The van der Waals surface area contributed by atoms with Gasteiger partial charge in [0.05, 0.1) is 12.5 Å². The summed E-state index contributed by atoms with van der Waals surface area (Å²) in [5.41, 5.74) is 1.28. The minimum atomic E-state index is -0.573. The molecule has 1 fully saturated rings. The van der Waals surface area contributed by atoms with Crippen LogP contribution >= 0.6 is 11.6 Å². The molecule has 0 aromatic heterocycles. The fourth-order valence-electron chi connectivity index (χ4n) is 2.89. The molecule has 0 spiro atoms. The molecule has 1 aliphatic carbocycles. The van der Waals surface area contributed by atoms with Crippen LogP contribution in [0.5, 0.6) is 5.75 Å². The van der Waals surface area contributed by atoms with E-state index in [4.69, 9.17) is 11.6 Å². The largest absolute Gasteiger partial charge is 0.508 e. The highest BCUT2D eigenvalue weighted by atomic mass is 35.5. The second-order valence-corrected chi connectivity index (χ2v) is 6.81. The summed E-state index contributed by atoms with van der Waals surface area (Å²) < 4.78 is 0. The fourth-order valence-corrected chi connectivity index (χ4v) is 3.13. The van der Waals surface area contributed by atoms with E-state index in [1.807, 2.05) is 30.3 Å². The number of amides is 1. The molecule has 1 amide bonds. The van der Waals surface area contributed by atoms with Crippen LogP contribution in [0.4, 0.5) is 0 Å². The van der Waals surface area contributed by atoms with Crippen LogP contribution < -0.4 is 5.32 Å². The lowest BCUT2D eigenvalue weighted by atomic mass is 9.92. The number of phenols is 1. The number of aliphatic hydroxyl groups is 1. The molecular weight excluding hydrogens is 326 g/mol. The molecule has 1 unspecified atom stereocenters. The number of aromatic hydroxyl groups is 1. The molecule has 0 aliphatic heterocycles. The minimum absolute atomic E-state index is 0.0760. The Morgan fingerprint density at radius 2 is 1.92 bits per heavy atom. The van der Waals surface area contributed by atoms with Gasteiger partial charge in [-0.1, -0.05) is 48.0 Å². The number of halogens is 1. The average Bonchev–Trinajstić information content (AvgIpc) is 3.37. The number of hydrogen-bond donors (Lipinski definition) is 3. The third-order valence-corrected chi connectivity index (χ3v) is 4.96. The summed E-state index contributed by atoms with van der Waals surface area (Å²) in [6.45, 7) is 0.442. The quantitative estimate of drug-likeness (QED) is 0.753. The molecule has 0 saturated heterocycles. The summed E-state index contributed by atoms with van der Waals surface area (Å²) in [5, 5.41) is 23.2. The van der Waals surface area contributed by atoms with Crippen LogP contribution in [0.2, 0.25) is 5.02 Å². The second kappa shape index (κ2) is 6.83. The Morgan fingerprint density at radius 1 is 1.21 bits per heavy atom. The first-order valence-corrected chi connectivity index (χ1v) is 8.35. The Kier molecular flexibility index (Phi) is 4.78. The summed E-state index contributed by atoms with van der Waals surface area (Å²) >= 11 is 6.03. The van der Waals surface area contributed by atoms with Crippen molar-refractivity contribution in [1.29, 1.82) is 0 Å². The number of rotatable bonds is 6. The number of carbonyl (C=O) groups excluding carboxylic acids is 1. The highest BCUT2D eigenvalue weighted by molar-refractivity contribution is 6.31. The van der Waals surface area contributed by atoms with Gasteiger partial charge in [0.25, 0.3) is 0 Å². The first kappa shape index (κ1) is 16.8. The normalized spacial score (nSPS) is 16.4. The molecule has 0 radical (unpaired) electrons. The van der Waals surface area contributed by atoms with E-state index in [0.29, 0.717) is 17.1 Å². The van der Waals surface area contributed by atoms with Gasteiger partial charge in [0.15, 0.2) is 0 Å². The molecule has 1 saturated carbocycles. The van der Waals surface area contributed by atoms with E-state index in [1.165, 1.54) is 12.1 Å². The number of benzene rings is 2. The van der Waals surface area contributed by atoms with Gasteiger partial charge in [0, 0.05) is 17.0 Å². The van der Waals surface area contributed by atoms with Crippen LogP contribution in [0, 0.1) is 5.41 Å². The second-order valence-electron chi connectivity index (χ2n) is 6.40. The fraction of sp³-hybridized carbons (Fsp3) is 0.316. The van der Waals surface area contributed by atoms with Crippen molar-refractivity contribution in [1.82, 2.24) is 5.32 Å². The first-order valence-electron chi connectivity index (χ1n) is 7.97. The Bertz CT molecular complexity index is 729. The van der Waals surface area contributed by atoms with Crippen molar-refractivity contribution in [3.8, 4) is 5.75 Å². The number of nitrogens with one attached hydrogen (secondary N) is 1. The maximum atomic E-state index is 12.2. The Balaban J connectivity index is 1.58. The molecule has 0 bridgehead atoms. The molecule has 0 heterocycles. The molecule has 1 atom stereocenters. The molecule has 3 N–H and O–H groups in total. The van der Waals surface area contributed by atoms with E-state index >= 15 is 0 Å². The molecule has 3 rings (SSSR count). The van der Waals surface area contributed by atoms with Crippen molar-refractivity contribution in [3.05, 3.63) is 64.7 Å². The van der Waals surface area contributed by atoms with Gasteiger partial charge in [-0.2, -0.15) is 0 Å². The Morgan fingerprint density at radius 3 is 2.54 bits per heavy atom. The minimum Gasteiger partial charge on any atom is -0.508 e. The summed E-state index contributed by atoms with van der Waals surface area (Å²) in [6.07, 6.45) is 1.36. The van der Waals surface area contributed by atoms with Gasteiger partial charge in [-0.25, -0.2) is 0 Å². The van der Waals surface area contributed by atoms with Gasteiger partial charge in [0.1, 0.15) is 5.75 Å². The topological polar surface area (TPSA) is 69.6 Å². The van der Waals surface area contributed by atoms with Gasteiger partial charge in [-0.05, 0) is 36.1 Å². The zero-order valence-corrected chi connectivity index (χ0v) is 14.0. The van der Waals surface area contributed by atoms with Crippen LogP contribution in [0.1, 0.15) is 30.1 Å². The van der Waals surface area contributed by atoms with Crippen LogP contribution in [-0.2, 0) is 11.2 Å². The smallest absolute Gasteiger partial charge is 0.224 e. The molecule has 24 heavy (non-hydrogen) atoms. The third-order valence-electron chi connectivity index (χ3n) is 4.61. The highest BCUT2D eigenvalue weighted by Crippen LogP contribution is 2.54. The highest BCUT2D eigenvalue weighted by Gasteiger charge is 2.49. The summed E-state index contributed by atoms with van der Waals surface area (Å²) in [4.78, 5) is 12.2. The molecule has 126 valence electrons. The van der Waals surface area contributed by atoms with Crippen LogP contribution in [0.15, 0.2) is 48.5 Å². The zero-order valence-electron chi connectivity index (χ0n) is 13.2. The van der Waals surface area contributed by atoms with Gasteiger partial charge in [-0.3, -0.25) is 4.79 Å². The summed E-state index contributed by atoms with van der Waals surface area (Å²) in [5.74, 6) is -0.0683. The zero-order chi connectivity index (χ0) is 17.2. The van der Waals surface area contributed by atoms with E-state index < -0.39 is 6.10 Å². The van der Waals surface area contributed by atoms with E-state index in [1.54, 1.807) is 6.07 Å². The predicted molar refractivity (Wildman–Crippen MR) is 92.9 cm³/mol. The maximum Gasteiger partial charge on any atom is 0.224 e. The van der Waals surface area contributed by atoms with Crippen molar-refractivity contribution in [3.63, 3.8) is 0 Å². The lowest BCUT2D eigenvalue weighted by Gasteiger charge is -2.23. The van der Waals surface area contributed by atoms with E-state index in [-0.39, 0.29) is 23.5 Å². The molecule has 5 heteroatoms. The van der Waals surface area contributed by atoms with Gasteiger partial charge in [0.2, 0.25) is 5.91 Å². The summed E-state index contributed by atoms with van der Waals surface area (Å²) in [7, 11) is 0. The van der Waals surface area contributed by atoms with Gasteiger partial charge in [-0.15, -0.1) is 0 Å². The lowest BCUT2D eigenvalue weighted by molar-refractivity contribution is -0.120. The molecule has 1 aliphatic rings. The summed E-state index contributed by atoms with van der Waals surface area (Å²) in [6, 6.07) is 14.1. The van der Waals surface area contributed by atoms with Crippen molar-refractivity contribution in [2.24, 2.45) is 5.41 Å². The number of aliphatic hydroxyl groups excluding tert-OH is 1. The van der Waals surface area contributed by atoms with E-state index in [0.717, 1.165) is 18.4 Å². The van der Waals surface area contributed by atoms with Gasteiger partial charge < -0.3 is 15.5 Å². The van der Waals surface area contributed by atoms with E-state index in [2.05, 4.69) is 5.32 Å². The molecule has 2 aromatic rings. The number of hydrogen-bond acceptors (Lipinski definition) is 3. The van der Waals surface area contributed by atoms with Gasteiger partial charge >= 0.3 is 0 Å². The van der Waals surface area contributed by atoms with Crippen LogP contribution in [0.25, 0.3) is 0 Å². The maximum absolute atomic E-state index is 12.2. The van der Waals surface area contributed by atoms with Crippen LogP contribution in [0.3, 0.4) is 0 Å². The SMILES string of the molecule is O=C(Cc1ccc(O)cc1Cl)NCC1(C(O)c2ccccc2)CC1. The molecular formula is C19H20ClNO3. The number of phenolic OH excluding ortho intramolecular Hbond substituents is 1. The number of carbonyl (C=O) groups is 1. The Hall–Kier alpha value is -2.04. The molecule has 4 nitrogen and oxygen atoms in total. The third kappa shape index (κ3) is 3.71. The van der Waals surface area contributed by atoms with Crippen molar-refractivity contribution in [2.45, 2.75) is 25.4 Å². The van der Waals surface area contributed by atoms with E-state index in [9.17, 15) is 15.0 Å². The van der Waals surface area contributed by atoms with Crippen molar-refractivity contribution in [2.75, 3.05) is 6.54 Å². The standard InChI is InChI=1S/C19H20ClNO3/c20-16-11-15(22)7-6-14(16)10-17(23)21-12-19(8-9-19)18(24)13-4-2-1-3-5-13/h1-7,11,18,22,24H,8-10,12H2,(H,21,23). The van der Waals surface area contributed by atoms with Crippen molar-refractivity contribution < 1.29 is 15.0 Å². The monoisotopic (exact) mass is 345 g/mol. The predicted octanol–water partition coefficient (Wildman–Crippen LogP) is 3.22. The Labute approximate surface area is 146 Å².